The van der Waals surface area contributed by atoms with Crippen molar-refractivity contribution in [3.63, 3.8) is 0 Å². The second-order valence-electron chi connectivity index (χ2n) is 15.3. The zero-order chi connectivity index (χ0) is 41.4. The summed E-state index contributed by atoms with van der Waals surface area (Å²) in [6.45, 7) is 3.68. The number of hydrogen-bond donors (Lipinski definition) is 0. The van der Waals surface area contributed by atoms with E-state index in [2.05, 4.69) is 6.92 Å². The first kappa shape index (κ1) is 46.7. The van der Waals surface area contributed by atoms with E-state index in [-0.39, 0.29) is 26.3 Å². The van der Waals surface area contributed by atoms with E-state index in [1.54, 1.807) is 4.90 Å². The molecule has 0 amide bonds. The summed E-state index contributed by atoms with van der Waals surface area (Å²) in [5, 5.41) is 0. The molecular formula is C51H69NO7. The highest BCUT2D eigenvalue weighted by Gasteiger charge is 2.20. The summed E-state index contributed by atoms with van der Waals surface area (Å²) in [5.41, 5.74) is 2.36. The van der Waals surface area contributed by atoms with Gasteiger partial charge in [0.25, 0.3) is 0 Å². The molecule has 0 aromatic heterocycles. The van der Waals surface area contributed by atoms with E-state index in [1.165, 1.54) is 89.9 Å². The van der Waals surface area contributed by atoms with Crippen LogP contribution in [0.5, 0.6) is 17.2 Å². The van der Waals surface area contributed by atoms with Gasteiger partial charge in [-0.25, -0.2) is 0 Å². The zero-order valence-corrected chi connectivity index (χ0v) is 35.7. The lowest BCUT2D eigenvalue weighted by molar-refractivity contribution is -0.144. The van der Waals surface area contributed by atoms with E-state index in [0.717, 1.165) is 29.7 Å². The van der Waals surface area contributed by atoms with Crippen LogP contribution in [0.4, 0.5) is 5.69 Å². The average molecular weight is 808 g/mol. The van der Waals surface area contributed by atoms with Gasteiger partial charge >= 0.3 is 11.9 Å². The fourth-order valence-corrected chi connectivity index (χ4v) is 6.82. The van der Waals surface area contributed by atoms with Gasteiger partial charge in [-0.15, -0.1) is 0 Å². The lowest BCUT2D eigenvalue weighted by Crippen LogP contribution is -2.36. The Labute approximate surface area is 354 Å². The fraction of sp³-hybridized carbons (Fsp3) is 0.490. The van der Waals surface area contributed by atoms with Crippen molar-refractivity contribution in [1.82, 2.24) is 0 Å². The molecule has 4 rings (SSSR count). The number of unbranched alkanes of at least 4 members (excludes halogenated alkanes) is 15. The maximum absolute atomic E-state index is 13.2. The van der Waals surface area contributed by atoms with Gasteiger partial charge in [0.1, 0.15) is 43.6 Å². The number of para-hydroxylation sites is 1. The molecule has 0 aliphatic heterocycles. The van der Waals surface area contributed by atoms with Crippen LogP contribution in [0, 0.1) is 0 Å². The quantitative estimate of drug-likeness (QED) is 0.0348. The van der Waals surface area contributed by atoms with Gasteiger partial charge in [-0.3, -0.25) is 9.59 Å². The molecule has 0 unspecified atom stereocenters. The fourth-order valence-electron chi connectivity index (χ4n) is 6.82. The van der Waals surface area contributed by atoms with Crippen LogP contribution in [0.2, 0.25) is 0 Å². The van der Waals surface area contributed by atoms with Crippen LogP contribution in [0.3, 0.4) is 0 Å². The third-order valence-corrected chi connectivity index (χ3v) is 10.2. The Balaban J connectivity index is 1.30. The van der Waals surface area contributed by atoms with Crippen molar-refractivity contribution in [3.8, 4) is 17.2 Å². The van der Waals surface area contributed by atoms with E-state index >= 15 is 0 Å². The second-order valence-corrected chi connectivity index (χ2v) is 15.3. The lowest BCUT2D eigenvalue weighted by atomic mass is 10.0. The average Bonchev–Trinajstić information content (AvgIpc) is 3.26. The van der Waals surface area contributed by atoms with Crippen LogP contribution in [0.1, 0.15) is 127 Å². The largest absolute Gasteiger partial charge is 0.493 e. The number of hydrogen-bond acceptors (Lipinski definition) is 8. The van der Waals surface area contributed by atoms with Gasteiger partial charge < -0.3 is 28.6 Å². The van der Waals surface area contributed by atoms with Gasteiger partial charge in [0.05, 0.1) is 19.8 Å². The Bertz CT molecular complexity index is 1610. The van der Waals surface area contributed by atoms with E-state index in [1.807, 2.05) is 109 Å². The molecule has 0 radical (unpaired) electrons. The number of rotatable bonds is 33. The summed E-state index contributed by atoms with van der Waals surface area (Å²) >= 11 is 0. The highest BCUT2D eigenvalue weighted by molar-refractivity contribution is 5.82. The normalized spacial score (nSPS) is 10.9. The van der Waals surface area contributed by atoms with E-state index < -0.39 is 11.9 Å². The summed E-state index contributed by atoms with van der Waals surface area (Å²) in [7, 11) is 0. The van der Waals surface area contributed by atoms with Crippen molar-refractivity contribution >= 4 is 17.6 Å². The van der Waals surface area contributed by atoms with Gasteiger partial charge in [0.2, 0.25) is 0 Å². The topological polar surface area (TPSA) is 83.5 Å². The van der Waals surface area contributed by atoms with Crippen LogP contribution in [0.25, 0.3) is 0 Å². The van der Waals surface area contributed by atoms with Crippen LogP contribution in [0.15, 0.2) is 109 Å². The van der Waals surface area contributed by atoms with Gasteiger partial charge in [0.15, 0.2) is 0 Å². The number of anilines is 1. The van der Waals surface area contributed by atoms with E-state index in [0.29, 0.717) is 43.4 Å². The predicted octanol–water partition coefficient (Wildman–Crippen LogP) is 12.5. The van der Waals surface area contributed by atoms with Gasteiger partial charge in [-0.1, -0.05) is 182 Å². The molecule has 4 aromatic rings. The van der Waals surface area contributed by atoms with E-state index in [4.69, 9.17) is 23.7 Å². The SMILES string of the molecule is CCCCCCCCCCCCCCCCCCOc1cc(OCCCOc2ccccc2)cc(N(CC(=O)OCc2ccccc2)CC(=O)OCc2ccccc2)c1. The first-order chi connectivity index (χ1) is 29.1. The minimum Gasteiger partial charge on any atom is -0.493 e. The molecule has 0 fully saturated rings. The maximum Gasteiger partial charge on any atom is 0.325 e. The minimum absolute atomic E-state index is 0.133. The molecule has 0 bridgehead atoms. The zero-order valence-electron chi connectivity index (χ0n) is 35.7. The van der Waals surface area contributed by atoms with E-state index in [9.17, 15) is 9.59 Å². The Morgan fingerprint density at radius 2 is 0.797 bits per heavy atom. The van der Waals surface area contributed by atoms with Gasteiger partial charge in [-0.2, -0.15) is 0 Å². The van der Waals surface area contributed by atoms with Gasteiger partial charge in [-0.05, 0) is 29.7 Å². The van der Waals surface area contributed by atoms with Gasteiger partial charge in [0, 0.05) is 30.3 Å². The summed E-state index contributed by atoms with van der Waals surface area (Å²) in [5.74, 6) is 1.06. The van der Waals surface area contributed by atoms with Crippen LogP contribution in [-0.4, -0.2) is 44.8 Å². The summed E-state index contributed by atoms with van der Waals surface area (Å²) in [6.07, 6.45) is 21.6. The van der Waals surface area contributed by atoms with Crippen LogP contribution >= 0.6 is 0 Å². The summed E-state index contributed by atoms with van der Waals surface area (Å²) in [4.78, 5) is 28.2. The molecule has 4 aromatic carbocycles. The highest BCUT2D eigenvalue weighted by Crippen LogP contribution is 2.30. The van der Waals surface area contributed by atoms with Crippen LogP contribution in [-0.2, 0) is 32.3 Å². The molecule has 0 saturated heterocycles. The third kappa shape index (κ3) is 21.6. The number of carbonyl (C=O) groups excluding carboxylic acids is 2. The number of benzene rings is 4. The monoisotopic (exact) mass is 808 g/mol. The molecule has 0 saturated carbocycles. The molecule has 59 heavy (non-hydrogen) atoms. The van der Waals surface area contributed by atoms with Crippen molar-refractivity contribution < 1.29 is 33.3 Å². The molecule has 8 heteroatoms. The molecule has 0 aliphatic rings. The molecule has 0 atom stereocenters. The Morgan fingerprint density at radius 3 is 1.24 bits per heavy atom. The lowest BCUT2D eigenvalue weighted by Gasteiger charge is -2.24. The molecule has 320 valence electrons. The number of nitrogens with zero attached hydrogens (tertiary/aromatic N) is 1. The van der Waals surface area contributed by atoms with Crippen molar-refractivity contribution in [2.24, 2.45) is 0 Å². The molecule has 8 nitrogen and oxygen atoms in total. The second kappa shape index (κ2) is 30.1. The van der Waals surface area contributed by atoms with Crippen molar-refractivity contribution in [2.75, 3.05) is 37.8 Å². The summed E-state index contributed by atoms with van der Waals surface area (Å²) < 4.78 is 29.6. The first-order valence-electron chi connectivity index (χ1n) is 22.3. The molecule has 0 aliphatic carbocycles. The Kier molecular flexibility index (Phi) is 23.8. The number of carbonyl (C=O) groups is 2. The van der Waals surface area contributed by atoms with Crippen molar-refractivity contribution in [1.29, 1.82) is 0 Å². The minimum atomic E-state index is -0.468. The third-order valence-electron chi connectivity index (χ3n) is 10.2. The predicted molar refractivity (Wildman–Crippen MR) is 238 cm³/mol. The molecule has 0 N–H and O–H groups in total. The first-order valence-corrected chi connectivity index (χ1v) is 22.3. The Morgan fingerprint density at radius 1 is 0.424 bits per heavy atom. The smallest absolute Gasteiger partial charge is 0.325 e. The highest BCUT2D eigenvalue weighted by atomic mass is 16.5. The maximum atomic E-state index is 13.2. The number of esters is 2. The molecular weight excluding hydrogens is 739 g/mol. The van der Waals surface area contributed by atoms with Crippen LogP contribution < -0.4 is 19.1 Å². The number of ether oxygens (including phenoxy) is 5. The molecule has 0 heterocycles. The Hall–Kier alpha value is -4.98. The van der Waals surface area contributed by atoms with Crippen molar-refractivity contribution in [3.05, 3.63) is 120 Å². The summed E-state index contributed by atoms with van der Waals surface area (Å²) in [6, 6.07) is 34.3. The standard InChI is InChI=1S/C51H69NO7/c1-2-3-4-5-6-7-8-9-10-11-12-13-14-15-16-26-34-56-48-37-46(38-49(39-48)57-36-27-35-55-47-32-24-19-25-33-47)52(40-50(53)58-42-44-28-20-17-21-29-44)41-51(54)59-43-45-30-22-18-23-31-45/h17-25,28-33,37-39H,2-16,26-27,34-36,40-43H2,1H3. The van der Waals surface area contributed by atoms with Crippen molar-refractivity contribution in [2.45, 2.75) is 129 Å². The molecule has 0 spiro atoms.